The van der Waals surface area contributed by atoms with Crippen molar-refractivity contribution in [2.75, 3.05) is 13.2 Å². The Balaban J connectivity index is 2.15. The predicted octanol–water partition coefficient (Wildman–Crippen LogP) is 17.4. The molecular weight excluding hydrogens is 1010 g/mol. The van der Waals surface area contributed by atoms with Gasteiger partial charge in [0.2, 0.25) is 5.91 Å². The van der Waals surface area contributed by atoms with Gasteiger partial charge < -0.3 is 35.2 Å². The number of allylic oxidation sites excluding steroid dienone is 2. The van der Waals surface area contributed by atoms with Gasteiger partial charge in [-0.2, -0.15) is 8.42 Å². The SMILES string of the molecule is CCCCCCCCCCCCCCCCCC/C=C\CCCCCCCCCCCCCCCCCCCC(=O)NC(COC1OC(CO)C(O)C(OS(=O)(=O)O)C1O)C(O)CCCCCCCCCCCCCCCCC. The third-order valence-corrected chi connectivity index (χ3v) is 17.0. The molecule has 1 saturated heterocycles. The van der Waals surface area contributed by atoms with E-state index in [0.717, 1.165) is 51.4 Å². The Labute approximate surface area is 487 Å². The number of ether oxygens (including phenoxy) is 2. The fraction of sp³-hybridized carbons (Fsp3) is 0.955. The third kappa shape index (κ3) is 47.8. The molecule has 12 nitrogen and oxygen atoms in total. The molecule has 0 aromatic carbocycles. The van der Waals surface area contributed by atoms with E-state index in [2.05, 4.69) is 35.5 Å². The van der Waals surface area contributed by atoms with Crippen molar-refractivity contribution >= 4 is 16.3 Å². The number of hydrogen-bond donors (Lipinski definition) is 6. The minimum Gasteiger partial charge on any atom is -0.394 e. The van der Waals surface area contributed by atoms with Crippen LogP contribution in [0.5, 0.6) is 0 Å². The van der Waals surface area contributed by atoms with Crippen molar-refractivity contribution in [1.29, 1.82) is 0 Å². The maximum absolute atomic E-state index is 13.2. The first-order chi connectivity index (χ1) is 38.5. The van der Waals surface area contributed by atoms with Gasteiger partial charge in [-0.1, -0.05) is 315 Å². The van der Waals surface area contributed by atoms with E-state index in [-0.39, 0.29) is 12.5 Å². The van der Waals surface area contributed by atoms with Crippen LogP contribution in [0.15, 0.2) is 12.2 Å². The van der Waals surface area contributed by atoms with Crippen molar-refractivity contribution in [3.05, 3.63) is 12.2 Å². The van der Waals surface area contributed by atoms with E-state index in [0.29, 0.717) is 12.8 Å². The summed E-state index contributed by atoms with van der Waals surface area (Å²) in [5.41, 5.74) is 0. The number of unbranched alkanes of at least 4 members (excludes halogenated alkanes) is 47. The average Bonchev–Trinajstić information content (AvgIpc) is 3.45. The van der Waals surface area contributed by atoms with E-state index in [9.17, 15) is 38.2 Å². The van der Waals surface area contributed by atoms with Gasteiger partial charge in [0.25, 0.3) is 0 Å². The zero-order valence-corrected chi connectivity index (χ0v) is 52.3. The van der Waals surface area contributed by atoms with E-state index in [1.165, 1.54) is 270 Å². The average molecular weight is 1140 g/mol. The Morgan fingerprint density at radius 2 is 0.810 bits per heavy atom. The fourth-order valence-electron chi connectivity index (χ4n) is 11.3. The lowest BCUT2D eigenvalue weighted by Gasteiger charge is -2.41. The molecule has 1 fully saturated rings. The zero-order valence-electron chi connectivity index (χ0n) is 51.5. The van der Waals surface area contributed by atoms with Crippen LogP contribution < -0.4 is 5.32 Å². The number of hydrogen-bond acceptors (Lipinski definition) is 10. The highest BCUT2D eigenvalue weighted by molar-refractivity contribution is 7.80. The van der Waals surface area contributed by atoms with Gasteiger partial charge in [-0.15, -0.1) is 0 Å². The summed E-state index contributed by atoms with van der Waals surface area (Å²) in [6.07, 6.45) is 61.2. The fourth-order valence-corrected chi connectivity index (χ4v) is 11.9. The number of nitrogens with one attached hydrogen (secondary N) is 1. The molecule has 7 atom stereocenters. The van der Waals surface area contributed by atoms with Crippen molar-refractivity contribution in [3.8, 4) is 0 Å². The number of carbonyl (C=O) groups excluding carboxylic acids is 1. The highest BCUT2D eigenvalue weighted by Crippen LogP contribution is 2.27. The number of amides is 1. The van der Waals surface area contributed by atoms with Crippen molar-refractivity contribution in [3.63, 3.8) is 0 Å². The molecular formula is C66H129NO11S. The second kappa shape index (κ2) is 56.0. The summed E-state index contributed by atoms with van der Waals surface area (Å²) in [4.78, 5) is 13.2. The van der Waals surface area contributed by atoms with E-state index < -0.39 is 59.9 Å². The Morgan fingerprint density at radius 3 is 1.14 bits per heavy atom. The van der Waals surface area contributed by atoms with Gasteiger partial charge in [-0.05, 0) is 38.5 Å². The number of carbonyl (C=O) groups is 1. The molecule has 1 aliphatic rings. The van der Waals surface area contributed by atoms with Crippen molar-refractivity contribution < 1.29 is 51.8 Å². The Hall–Kier alpha value is -1.16. The Kier molecular flexibility index (Phi) is 53.8. The van der Waals surface area contributed by atoms with Crippen LogP contribution in [0.4, 0.5) is 0 Å². The molecule has 0 aliphatic carbocycles. The molecule has 0 spiro atoms. The van der Waals surface area contributed by atoms with Gasteiger partial charge in [-0.25, -0.2) is 4.18 Å². The predicted molar refractivity (Wildman–Crippen MR) is 329 cm³/mol. The molecule has 1 aliphatic heterocycles. The van der Waals surface area contributed by atoms with Crippen molar-refractivity contribution in [2.24, 2.45) is 0 Å². The molecule has 7 unspecified atom stereocenters. The number of rotatable bonds is 61. The Bertz CT molecular complexity index is 1440. The Morgan fingerprint density at radius 1 is 0.494 bits per heavy atom. The molecule has 1 amide bonds. The molecule has 0 bridgehead atoms. The molecule has 0 aromatic heterocycles. The van der Waals surface area contributed by atoms with E-state index in [1.807, 2.05) is 0 Å². The third-order valence-electron chi connectivity index (χ3n) is 16.6. The van der Waals surface area contributed by atoms with Crippen LogP contribution >= 0.6 is 0 Å². The van der Waals surface area contributed by atoms with Gasteiger partial charge >= 0.3 is 10.4 Å². The number of aliphatic hydroxyl groups excluding tert-OH is 4. The summed E-state index contributed by atoms with van der Waals surface area (Å²) in [6.45, 7) is 3.50. The van der Waals surface area contributed by atoms with Gasteiger partial charge in [-0.3, -0.25) is 9.35 Å². The molecule has 470 valence electrons. The summed E-state index contributed by atoms with van der Waals surface area (Å²) in [5, 5.41) is 45.2. The van der Waals surface area contributed by atoms with Crippen LogP contribution in [0.2, 0.25) is 0 Å². The molecule has 13 heteroatoms. The zero-order chi connectivity index (χ0) is 57.5. The minimum atomic E-state index is -5.08. The van der Waals surface area contributed by atoms with Gasteiger partial charge in [0.05, 0.1) is 25.4 Å². The topological polar surface area (TPSA) is 192 Å². The molecule has 0 saturated carbocycles. The van der Waals surface area contributed by atoms with E-state index in [4.69, 9.17) is 9.47 Å². The monoisotopic (exact) mass is 1140 g/mol. The van der Waals surface area contributed by atoms with Crippen LogP contribution in [0.3, 0.4) is 0 Å². The quantitative estimate of drug-likeness (QED) is 0.0193. The normalized spacial score (nSPS) is 18.7. The molecule has 1 rings (SSSR count). The lowest BCUT2D eigenvalue weighted by molar-refractivity contribution is -0.298. The molecule has 1 heterocycles. The van der Waals surface area contributed by atoms with Crippen LogP contribution in [-0.2, 0) is 28.9 Å². The van der Waals surface area contributed by atoms with Gasteiger partial charge in [0, 0.05) is 6.42 Å². The molecule has 0 aromatic rings. The van der Waals surface area contributed by atoms with E-state index >= 15 is 0 Å². The second-order valence-corrected chi connectivity index (χ2v) is 25.2. The summed E-state index contributed by atoms with van der Waals surface area (Å²) < 4.78 is 48.0. The van der Waals surface area contributed by atoms with E-state index in [1.54, 1.807) is 0 Å². The van der Waals surface area contributed by atoms with Gasteiger partial charge in [0.1, 0.15) is 24.4 Å². The summed E-state index contributed by atoms with van der Waals surface area (Å²) in [7, 11) is -5.08. The number of aliphatic hydroxyl groups is 4. The lowest BCUT2D eigenvalue weighted by Crippen LogP contribution is -2.61. The summed E-state index contributed by atoms with van der Waals surface area (Å²) >= 11 is 0. The molecule has 6 N–H and O–H groups in total. The summed E-state index contributed by atoms with van der Waals surface area (Å²) in [6, 6.07) is -0.855. The van der Waals surface area contributed by atoms with Crippen molar-refractivity contribution in [2.45, 2.75) is 391 Å². The van der Waals surface area contributed by atoms with Gasteiger partial charge in [0.15, 0.2) is 6.29 Å². The first-order valence-corrected chi connectivity index (χ1v) is 35.4. The minimum absolute atomic E-state index is 0.223. The lowest BCUT2D eigenvalue weighted by atomic mass is 9.99. The molecule has 79 heavy (non-hydrogen) atoms. The summed E-state index contributed by atoms with van der Waals surface area (Å²) in [5.74, 6) is -0.223. The van der Waals surface area contributed by atoms with Crippen LogP contribution in [0.25, 0.3) is 0 Å². The maximum atomic E-state index is 13.2. The highest BCUT2D eigenvalue weighted by Gasteiger charge is 2.48. The first kappa shape index (κ1) is 75.9. The van der Waals surface area contributed by atoms with Crippen molar-refractivity contribution in [1.82, 2.24) is 5.32 Å². The molecule has 0 radical (unpaired) electrons. The smallest absolute Gasteiger partial charge is 0.394 e. The first-order valence-electron chi connectivity index (χ1n) is 34.1. The largest absolute Gasteiger partial charge is 0.397 e. The maximum Gasteiger partial charge on any atom is 0.397 e. The highest BCUT2D eigenvalue weighted by atomic mass is 32.3. The second-order valence-electron chi connectivity index (χ2n) is 24.1. The van der Waals surface area contributed by atoms with Crippen LogP contribution in [-0.4, -0.2) is 95.4 Å². The van der Waals surface area contributed by atoms with Crippen LogP contribution in [0, 0.1) is 0 Å². The van der Waals surface area contributed by atoms with Crippen LogP contribution in [0.1, 0.15) is 348 Å². The standard InChI is InChI=1S/C66H129NO11S/c1-3-5-7-9-11-13-15-17-19-20-21-22-23-24-25-26-27-28-29-30-31-32-33-34-35-36-37-38-39-40-42-44-46-48-50-52-54-56-62(70)67-59(58-76-66-64(72)65(78-79(73,74)75)63(71)61(57-68)77-66)60(69)55-53-51-49-47-45-43-41-18-16-14-12-10-8-6-4-2/h28-29,59-61,63-66,68-69,71-72H,3-27,30-58H2,1-2H3,(H,67,70)(H,73,74,75)/b29-28-.